The molecule has 1 saturated carbocycles. The SMILES string of the molecule is C[C@H]1CCCC[C@]12NC(=O)N(CC(=O)Nc1ccc(Cl)cc1)C2=O. The van der Waals surface area contributed by atoms with Crippen molar-refractivity contribution < 1.29 is 14.4 Å². The highest BCUT2D eigenvalue weighted by Crippen LogP contribution is 2.38. The third-order valence-electron chi connectivity index (χ3n) is 4.93. The lowest BCUT2D eigenvalue weighted by atomic mass is 9.73. The molecule has 4 amide bonds. The number of benzene rings is 1. The van der Waals surface area contributed by atoms with Gasteiger partial charge in [0.1, 0.15) is 12.1 Å². The second-order valence-corrected chi connectivity index (χ2v) is 6.93. The summed E-state index contributed by atoms with van der Waals surface area (Å²) in [7, 11) is 0. The average Bonchev–Trinajstić information content (AvgIpc) is 2.78. The van der Waals surface area contributed by atoms with Gasteiger partial charge in [-0.2, -0.15) is 0 Å². The Morgan fingerprint density at radius 1 is 1.33 bits per heavy atom. The molecule has 1 aliphatic heterocycles. The Morgan fingerprint density at radius 2 is 2.04 bits per heavy atom. The lowest BCUT2D eigenvalue weighted by molar-refractivity contribution is -0.136. The lowest BCUT2D eigenvalue weighted by Crippen LogP contribution is -2.54. The van der Waals surface area contributed by atoms with Crippen molar-refractivity contribution in [3.8, 4) is 0 Å². The molecule has 0 aromatic heterocycles. The van der Waals surface area contributed by atoms with Gasteiger partial charge in [0.2, 0.25) is 5.91 Å². The van der Waals surface area contributed by atoms with E-state index in [0.29, 0.717) is 17.1 Å². The van der Waals surface area contributed by atoms with Crippen molar-refractivity contribution in [2.45, 2.75) is 38.1 Å². The topological polar surface area (TPSA) is 78.5 Å². The summed E-state index contributed by atoms with van der Waals surface area (Å²) >= 11 is 5.80. The van der Waals surface area contributed by atoms with Crippen LogP contribution in [0.15, 0.2) is 24.3 Å². The zero-order valence-electron chi connectivity index (χ0n) is 13.5. The molecule has 1 heterocycles. The summed E-state index contributed by atoms with van der Waals surface area (Å²) in [6, 6.07) is 6.15. The highest BCUT2D eigenvalue weighted by atomic mass is 35.5. The number of amides is 4. The number of nitrogens with one attached hydrogen (secondary N) is 2. The van der Waals surface area contributed by atoms with Crippen molar-refractivity contribution in [2.75, 3.05) is 11.9 Å². The van der Waals surface area contributed by atoms with Crippen molar-refractivity contribution in [1.29, 1.82) is 0 Å². The van der Waals surface area contributed by atoms with Crippen LogP contribution in [0.2, 0.25) is 5.02 Å². The Kier molecular flexibility index (Phi) is 4.49. The van der Waals surface area contributed by atoms with Crippen molar-refractivity contribution in [1.82, 2.24) is 10.2 Å². The molecule has 0 unspecified atom stereocenters. The van der Waals surface area contributed by atoms with Crippen molar-refractivity contribution >= 4 is 35.1 Å². The Hall–Kier alpha value is -2.08. The molecule has 7 heteroatoms. The second kappa shape index (κ2) is 6.43. The Bertz CT molecular complexity index is 676. The maximum atomic E-state index is 12.8. The number of carbonyl (C=O) groups is 3. The van der Waals surface area contributed by atoms with Crippen molar-refractivity contribution in [3.63, 3.8) is 0 Å². The van der Waals surface area contributed by atoms with Gasteiger partial charge in [-0.05, 0) is 43.0 Å². The van der Waals surface area contributed by atoms with Crippen LogP contribution in [0.5, 0.6) is 0 Å². The maximum Gasteiger partial charge on any atom is 0.325 e. The van der Waals surface area contributed by atoms with Gasteiger partial charge in [0.05, 0.1) is 0 Å². The third-order valence-corrected chi connectivity index (χ3v) is 5.18. The van der Waals surface area contributed by atoms with E-state index in [4.69, 9.17) is 11.6 Å². The predicted molar refractivity (Wildman–Crippen MR) is 90.7 cm³/mol. The molecule has 2 fully saturated rings. The summed E-state index contributed by atoms with van der Waals surface area (Å²) < 4.78 is 0. The van der Waals surface area contributed by atoms with Crippen LogP contribution in [-0.4, -0.2) is 34.8 Å². The van der Waals surface area contributed by atoms with Crippen LogP contribution in [0.3, 0.4) is 0 Å². The molecule has 24 heavy (non-hydrogen) atoms. The first-order valence-corrected chi connectivity index (χ1v) is 8.50. The highest BCUT2D eigenvalue weighted by molar-refractivity contribution is 6.30. The molecular weight excluding hydrogens is 330 g/mol. The third kappa shape index (κ3) is 2.98. The summed E-state index contributed by atoms with van der Waals surface area (Å²) in [5.74, 6) is -0.626. The van der Waals surface area contributed by atoms with Crippen LogP contribution in [0.4, 0.5) is 10.5 Å². The largest absolute Gasteiger partial charge is 0.325 e. The van der Waals surface area contributed by atoms with Crippen LogP contribution >= 0.6 is 11.6 Å². The van der Waals surface area contributed by atoms with Crippen LogP contribution in [0.1, 0.15) is 32.6 Å². The summed E-state index contributed by atoms with van der Waals surface area (Å²) in [5, 5.41) is 6.07. The normalized spacial score (nSPS) is 26.6. The monoisotopic (exact) mass is 349 g/mol. The highest BCUT2D eigenvalue weighted by Gasteiger charge is 2.55. The molecule has 3 rings (SSSR count). The predicted octanol–water partition coefficient (Wildman–Crippen LogP) is 2.78. The van der Waals surface area contributed by atoms with E-state index in [1.54, 1.807) is 24.3 Å². The Labute approximate surface area is 145 Å². The number of halogens is 1. The molecule has 1 saturated heterocycles. The van der Waals surface area contributed by atoms with E-state index in [9.17, 15) is 14.4 Å². The molecule has 0 bridgehead atoms. The zero-order chi connectivity index (χ0) is 17.3. The molecule has 1 spiro atoms. The minimum absolute atomic E-state index is 0.0760. The number of rotatable bonds is 3. The summed E-state index contributed by atoms with van der Waals surface area (Å²) in [6.45, 7) is 1.69. The average molecular weight is 350 g/mol. The fourth-order valence-electron chi connectivity index (χ4n) is 3.52. The molecule has 2 atom stereocenters. The molecule has 1 aliphatic carbocycles. The molecule has 2 aliphatic rings. The van der Waals surface area contributed by atoms with E-state index in [0.717, 1.165) is 24.2 Å². The molecule has 0 radical (unpaired) electrons. The minimum atomic E-state index is -0.837. The van der Waals surface area contributed by atoms with Gasteiger partial charge >= 0.3 is 6.03 Å². The van der Waals surface area contributed by atoms with Gasteiger partial charge in [-0.25, -0.2) is 4.79 Å². The first-order valence-electron chi connectivity index (χ1n) is 8.12. The first kappa shape index (κ1) is 16.8. The van der Waals surface area contributed by atoms with Gasteiger partial charge in [0.15, 0.2) is 0 Å². The quantitative estimate of drug-likeness (QED) is 0.823. The molecule has 1 aromatic rings. The number of hydrogen-bond acceptors (Lipinski definition) is 3. The molecule has 1 aromatic carbocycles. The summed E-state index contributed by atoms with van der Waals surface area (Å²) in [6.07, 6.45) is 3.50. The number of imide groups is 1. The van der Waals surface area contributed by atoms with Gasteiger partial charge in [-0.3, -0.25) is 14.5 Å². The van der Waals surface area contributed by atoms with Crippen molar-refractivity contribution in [3.05, 3.63) is 29.3 Å². The smallest absolute Gasteiger partial charge is 0.325 e. The van der Waals surface area contributed by atoms with Gasteiger partial charge in [0.25, 0.3) is 5.91 Å². The van der Waals surface area contributed by atoms with Crippen LogP contribution < -0.4 is 10.6 Å². The van der Waals surface area contributed by atoms with E-state index in [-0.39, 0.29) is 18.4 Å². The van der Waals surface area contributed by atoms with Crippen molar-refractivity contribution in [2.24, 2.45) is 5.92 Å². The number of anilines is 1. The van der Waals surface area contributed by atoms with E-state index in [1.165, 1.54) is 0 Å². The molecule has 6 nitrogen and oxygen atoms in total. The Balaban J connectivity index is 1.68. The number of hydrogen-bond donors (Lipinski definition) is 2. The fraction of sp³-hybridized carbons (Fsp3) is 0.471. The van der Waals surface area contributed by atoms with Crippen LogP contribution in [0, 0.1) is 5.92 Å². The molecule has 2 N–H and O–H groups in total. The molecule has 128 valence electrons. The standard InChI is InChI=1S/C17H20ClN3O3/c1-11-4-2-3-9-17(11)15(23)21(16(24)20-17)10-14(22)19-13-7-5-12(18)6-8-13/h5-8,11H,2-4,9-10H2,1H3,(H,19,22)(H,20,24)/t11-,17-/m0/s1. The van der Waals surface area contributed by atoms with Crippen LogP contribution in [-0.2, 0) is 9.59 Å². The van der Waals surface area contributed by atoms with Gasteiger partial charge in [0, 0.05) is 10.7 Å². The van der Waals surface area contributed by atoms with Crippen LogP contribution in [0.25, 0.3) is 0 Å². The van der Waals surface area contributed by atoms with Gasteiger partial charge in [-0.15, -0.1) is 0 Å². The van der Waals surface area contributed by atoms with Gasteiger partial charge < -0.3 is 10.6 Å². The number of urea groups is 1. The molecular formula is C17H20ClN3O3. The second-order valence-electron chi connectivity index (χ2n) is 6.49. The summed E-state index contributed by atoms with van der Waals surface area (Å²) in [5.41, 5.74) is -0.271. The first-order chi connectivity index (χ1) is 11.4. The van der Waals surface area contributed by atoms with E-state index >= 15 is 0 Å². The van der Waals surface area contributed by atoms with Gasteiger partial charge in [-0.1, -0.05) is 31.4 Å². The number of carbonyl (C=O) groups excluding carboxylic acids is 3. The zero-order valence-corrected chi connectivity index (χ0v) is 14.2. The number of nitrogens with zero attached hydrogens (tertiary/aromatic N) is 1. The lowest BCUT2D eigenvalue weighted by Gasteiger charge is -2.36. The maximum absolute atomic E-state index is 12.8. The Morgan fingerprint density at radius 3 is 2.71 bits per heavy atom. The summed E-state index contributed by atoms with van der Waals surface area (Å²) in [4.78, 5) is 38.2. The van der Waals surface area contributed by atoms with E-state index in [1.807, 2.05) is 6.92 Å². The fourth-order valence-corrected chi connectivity index (χ4v) is 3.64. The minimum Gasteiger partial charge on any atom is -0.325 e. The van der Waals surface area contributed by atoms with E-state index < -0.39 is 17.5 Å². The van der Waals surface area contributed by atoms with E-state index in [2.05, 4.69) is 10.6 Å².